The number of ether oxygens (including phenoxy) is 2. The summed E-state index contributed by atoms with van der Waals surface area (Å²) in [7, 11) is 0. The molecule has 192 valence electrons. The first-order chi connectivity index (χ1) is 17.7. The maximum Gasteiger partial charge on any atom is 0.258 e. The van der Waals surface area contributed by atoms with Crippen LogP contribution in [0.3, 0.4) is 0 Å². The van der Waals surface area contributed by atoms with Crippen LogP contribution in [0.25, 0.3) is 21.5 Å². The largest absolute Gasteiger partial charge is 0.483 e. The van der Waals surface area contributed by atoms with E-state index in [1.807, 2.05) is 60.7 Å². The van der Waals surface area contributed by atoms with Crippen molar-refractivity contribution in [1.82, 2.24) is 10.6 Å². The number of amides is 2. The van der Waals surface area contributed by atoms with E-state index in [9.17, 15) is 9.59 Å². The second kappa shape index (κ2) is 12.6. The lowest BCUT2D eigenvalue weighted by Gasteiger charge is -2.16. The van der Waals surface area contributed by atoms with E-state index in [0.717, 1.165) is 39.4 Å². The molecule has 0 aromatic heterocycles. The van der Waals surface area contributed by atoms with E-state index >= 15 is 0 Å². The van der Waals surface area contributed by atoms with Gasteiger partial charge in [0.05, 0.1) is 8.95 Å². The number of carbonyl (C=O) groups excluding carboxylic acids is 2. The summed E-state index contributed by atoms with van der Waals surface area (Å²) in [5.74, 6) is 0.589. The summed E-state index contributed by atoms with van der Waals surface area (Å²) in [5.41, 5.74) is 0. The molecule has 4 aromatic carbocycles. The highest BCUT2D eigenvalue weighted by Crippen LogP contribution is 2.35. The van der Waals surface area contributed by atoms with Crippen LogP contribution < -0.4 is 20.1 Å². The Balaban J connectivity index is 1.22. The number of rotatable bonds is 9. The first-order valence-corrected chi connectivity index (χ1v) is 14.5. The maximum atomic E-state index is 12.4. The van der Waals surface area contributed by atoms with Gasteiger partial charge in [-0.05, 0) is 96.7 Å². The number of benzene rings is 4. The Kier molecular flexibility index (Phi) is 9.50. The average Bonchev–Trinajstić information content (AvgIpc) is 2.86. The monoisotopic (exact) mass is 754 g/mol. The molecule has 6 nitrogen and oxygen atoms in total. The predicted molar refractivity (Wildman–Crippen MR) is 160 cm³/mol. The summed E-state index contributed by atoms with van der Waals surface area (Å²) >= 11 is 14.1. The molecule has 0 saturated carbocycles. The van der Waals surface area contributed by atoms with Crippen LogP contribution in [0.1, 0.15) is 6.92 Å². The Bertz CT molecular complexity index is 1480. The third-order valence-corrected chi connectivity index (χ3v) is 8.11. The van der Waals surface area contributed by atoms with Crippen molar-refractivity contribution in [3.63, 3.8) is 0 Å². The second-order valence-corrected chi connectivity index (χ2v) is 11.8. The van der Waals surface area contributed by atoms with Crippen molar-refractivity contribution in [1.29, 1.82) is 0 Å². The maximum absolute atomic E-state index is 12.4. The number of carbonyl (C=O) groups is 2. The van der Waals surface area contributed by atoms with Gasteiger partial charge in [0.15, 0.2) is 13.2 Å². The molecule has 0 aliphatic carbocycles. The van der Waals surface area contributed by atoms with Gasteiger partial charge in [-0.1, -0.05) is 56.1 Å². The smallest absolute Gasteiger partial charge is 0.258 e. The summed E-state index contributed by atoms with van der Waals surface area (Å²) in [6.45, 7) is 1.78. The molecule has 0 unspecified atom stereocenters. The third kappa shape index (κ3) is 7.25. The normalized spacial score (nSPS) is 11.8. The minimum absolute atomic E-state index is 0.142. The van der Waals surface area contributed by atoms with Gasteiger partial charge in [0.2, 0.25) is 0 Å². The molecule has 0 spiro atoms. The van der Waals surface area contributed by atoms with Crippen LogP contribution in [-0.2, 0) is 9.59 Å². The zero-order valence-electron chi connectivity index (χ0n) is 19.6. The number of hydrogen-bond donors (Lipinski definition) is 2. The lowest BCUT2D eigenvalue weighted by Crippen LogP contribution is -2.44. The molecule has 1 atom stereocenters. The van der Waals surface area contributed by atoms with Crippen LogP contribution in [0.15, 0.2) is 78.6 Å². The Labute approximate surface area is 248 Å². The molecular formula is C27H22Br4N2O4. The van der Waals surface area contributed by atoms with E-state index < -0.39 is 0 Å². The van der Waals surface area contributed by atoms with Crippen molar-refractivity contribution in [3.8, 4) is 11.5 Å². The van der Waals surface area contributed by atoms with Crippen molar-refractivity contribution in [2.45, 2.75) is 13.0 Å². The van der Waals surface area contributed by atoms with Gasteiger partial charge >= 0.3 is 0 Å². The predicted octanol–water partition coefficient (Wildman–Crippen LogP) is 7.12. The van der Waals surface area contributed by atoms with Gasteiger partial charge in [-0.2, -0.15) is 0 Å². The van der Waals surface area contributed by atoms with Gasteiger partial charge in [-0.25, -0.2) is 0 Å². The zero-order chi connectivity index (χ0) is 26.5. The Morgan fingerprint density at radius 2 is 1.22 bits per heavy atom. The molecule has 0 heterocycles. The Morgan fingerprint density at radius 3 is 1.73 bits per heavy atom. The highest BCUT2D eigenvalue weighted by atomic mass is 79.9. The highest BCUT2D eigenvalue weighted by molar-refractivity contribution is 9.11. The van der Waals surface area contributed by atoms with E-state index in [-0.39, 0.29) is 37.6 Å². The lowest BCUT2D eigenvalue weighted by atomic mass is 10.1. The fourth-order valence-corrected chi connectivity index (χ4v) is 5.65. The first kappa shape index (κ1) is 27.9. The SMILES string of the molecule is C[C@H](CNC(=O)COc1ccc2cc(Br)ccc2c1Br)NC(=O)COc1ccc2cc(Br)ccc2c1Br. The first-order valence-electron chi connectivity index (χ1n) is 11.3. The molecule has 2 amide bonds. The van der Waals surface area contributed by atoms with Gasteiger partial charge < -0.3 is 20.1 Å². The minimum Gasteiger partial charge on any atom is -0.483 e. The molecule has 2 N–H and O–H groups in total. The zero-order valence-corrected chi connectivity index (χ0v) is 26.0. The van der Waals surface area contributed by atoms with Crippen LogP contribution >= 0.6 is 63.7 Å². The molecule has 0 fully saturated rings. The second-order valence-electron chi connectivity index (χ2n) is 8.34. The molecule has 4 aromatic rings. The van der Waals surface area contributed by atoms with Crippen molar-refractivity contribution >= 4 is 97.1 Å². The van der Waals surface area contributed by atoms with Crippen LogP contribution in [0.4, 0.5) is 0 Å². The number of nitrogens with one attached hydrogen (secondary N) is 2. The van der Waals surface area contributed by atoms with E-state index in [1.54, 1.807) is 6.92 Å². The van der Waals surface area contributed by atoms with E-state index in [2.05, 4.69) is 74.4 Å². The van der Waals surface area contributed by atoms with Gasteiger partial charge in [0.25, 0.3) is 11.8 Å². The topological polar surface area (TPSA) is 76.7 Å². The molecule has 10 heteroatoms. The van der Waals surface area contributed by atoms with E-state index in [1.165, 1.54) is 0 Å². The fourth-order valence-electron chi connectivity index (χ4n) is 3.68. The Morgan fingerprint density at radius 1 is 0.730 bits per heavy atom. The molecule has 0 aliphatic rings. The quantitative estimate of drug-likeness (QED) is 0.191. The summed E-state index contributed by atoms with van der Waals surface area (Å²) in [5, 5.41) is 9.68. The van der Waals surface area contributed by atoms with Gasteiger partial charge in [-0.15, -0.1) is 0 Å². The molecule has 4 rings (SSSR count). The van der Waals surface area contributed by atoms with Crippen LogP contribution in [0.5, 0.6) is 11.5 Å². The van der Waals surface area contributed by atoms with Crippen molar-refractivity contribution in [3.05, 3.63) is 78.6 Å². The molecule has 0 saturated heterocycles. The van der Waals surface area contributed by atoms with Crippen molar-refractivity contribution in [2.24, 2.45) is 0 Å². The Hall–Kier alpha value is -2.14. The summed E-state index contributed by atoms with van der Waals surface area (Å²) in [6.07, 6.45) is 0. The van der Waals surface area contributed by atoms with Crippen LogP contribution in [0.2, 0.25) is 0 Å². The third-order valence-electron chi connectivity index (χ3n) is 5.49. The summed E-state index contributed by atoms with van der Waals surface area (Å²) in [6, 6.07) is 19.1. The average molecular weight is 758 g/mol. The lowest BCUT2D eigenvalue weighted by molar-refractivity contribution is -0.125. The van der Waals surface area contributed by atoms with Gasteiger partial charge in [0, 0.05) is 21.5 Å². The van der Waals surface area contributed by atoms with Crippen LogP contribution in [-0.4, -0.2) is 37.6 Å². The number of fused-ring (bicyclic) bond motifs is 2. The minimum atomic E-state index is -0.289. The number of halogens is 4. The molecule has 37 heavy (non-hydrogen) atoms. The fraction of sp³-hybridized carbons (Fsp3) is 0.185. The van der Waals surface area contributed by atoms with Crippen molar-refractivity contribution < 1.29 is 19.1 Å². The van der Waals surface area contributed by atoms with Gasteiger partial charge in [-0.3, -0.25) is 9.59 Å². The standard InChI is InChI=1S/C27H22Br4N2O4/c1-15(33-25(35)14-37-23-9-3-17-11-19(29)5-7-21(17)27(23)31)12-32-24(34)13-36-22-8-2-16-10-18(28)4-6-20(16)26(22)30/h2-11,15H,12-14H2,1H3,(H,32,34)(H,33,35)/t15-/m1/s1. The molecule has 0 aliphatic heterocycles. The van der Waals surface area contributed by atoms with Crippen molar-refractivity contribution in [2.75, 3.05) is 19.8 Å². The molecule has 0 radical (unpaired) electrons. The summed E-state index contributed by atoms with van der Waals surface area (Å²) < 4.78 is 15.0. The van der Waals surface area contributed by atoms with E-state index in [4.69, 9.17) is 9.47 Å². The molecule has 0 bridgehead atoms. The number of hydrogen-bond acceptors (Lipinski definition) is 4. The van der Waals surface area contributed by atoms with Crippen LogP contribution in [0, 0.1) is 0 Å². The van der Waals surface area contributed by atoms with Gasteiger partial charge in [0.1, 0.15) is 11.5 Å². The highest BCUT2D eigenvalue weighted by Gasteiger charge is 2.13. The molecular weight excluding hydrogens is 736 g/mol. The van der Waals surface area contributed by atoms with E-state index in [0.29, 0.717) is 11.5 Å². The summed E-state index contributed by atoms with van der Waals surface area (Å²) in [4.78, 5) is 24.7.